The van der Waals surface area contributed by atoms with E-state index in [0.29, 0.717) is 0 Å². The average molecular weight is 242 g/mol. The minimum Gasteiger partial charge on any atom is -0.464 e. The highest BCUT2D eigenvalue weighted by Gasteiger charge is 2.22. The molecule has 1 heterocycles. The minimum absolute atomic E-state index is 0.431. The van der Waals surface area contributed by atoms with Crippen molar-refractivity contribution in [2.24, 2.45) is 0 Å². The number of rotatable bonds is 4. The predicted octanol–water partition coefficient (Wildman–Crippen LogP) is 3.21. The molecule has 1 aromatic carbocycles. The first-order chi connectivity index (χ1) is 8.54. The summed E-state index contributed by atoms with van der Waals surface area (Å²) in [5.74, 6) is 0. The molecule has 1 aromatic heterocycles. The molecule has 2 rings (SSSR count). The summed E-state index contributed by atoms with van der Waals surface area (Å²) in [5, 5.41) is 10.3. The second kappa shape index (κ2) is 4.83. The maximum atomic E-state index is 9.08. The summed E-state index contributed by atoms with van der Waals surface area (Å²) in [6.07, 6.45) is 2.70. The molecular weight excluding hydrogens is 224 g/mol. The molecule has 0 atom stereocenters. The predicted molar refractivity (Wildman–Crippen MR) is 72.2 cm³/mol. The van der Waals surface area contributed by atoms with Gasteiger partial charge in [-0.2, -0.15) is 5.26 Å². The normalized spacial score (nSPS) is 11.9. The summed E-state index contributed by atoms with van der Waals surface area (Å²) in [6.45, 7) is 4.70. The summed E-state index contributed by atoms with van der Waals surface area (Å²) in [5.41, 5.74) is 1.69. The summed E-state index contributed by atoms with van der Waals surface area (Å²) in [4.78, 5) is 2.06. The fourth-order valence-corrected chi connectivity index (χ4v) is 1.88. The van der Waals surface area contributed by atoms with Gasteiger partial charge in [-0.1, -0.05) is 18.2 Å². The zero-order valence-corrected chi connectivity index (χ0v) is 11.1. The molecule has 18 heavy (non-hydrogen) atoms. The van der Waals surface area contributed by atoms with Gasteiger partial charge in [0.05, 0.1) is 12.3 Å². The van der Waals surface area contributed by atoms with Crippen molar-refractivity contribution in [1.82, 2.24) is 4.90 Å². The highest BCUT2D eigenvalue weighted by molar-refractivity contribution is 5.80. The summed E-state index contributed by atoms with van der Waals surface area (Å²) in [6, 6.07) is 10.3. The molecule has 3 heteroatoms. The molecule has 0 amide bonds. The number of nitriles is 1. The van der Waals surface area contributed by atoms with E-state index in [-0.39, 0.29) is 0 Å². The van der Waals surface area contributed by atoms with Crippen LogP contribution in [-0.2, 0) is 6.42 Å². The maximum Gasteiger partial charge on any atom is 0.134 e. The summed E-state index contributed by atoms with van der Waals surface area (Å²) >= 11 is 0. The van der Waals surface area contributed by atoms with Gasteiger partial charge in [0.15, 0.2) is 0 Å². The molecule has 0 unspecified atom stereocenters. The van der Waals surface area contributed by atoms with Crippen molar-refractivity contribution in [2.75, 3.05) is 13.6 Å². The Labute approximate surface area is 108 Å². The molecule has 2 aromatic rings. The highest BCUT2D eigenvalue weighted by atomic mass is 16.3. The van der Waals surface area contributed by atoms with Crippen LogP contribution in [-0.4, -0.2) is 24.0 Å². The molecule has 0 spiro atoms. The van der Waals surface area contributed by atoms with Crippen LogP contribution in [0.3, 0.4) is 0 Å². The summed E-state index contributed by atoms with van der Waals surface area (Å²) < 4.78 is 5.51. The Kier molecular flexibility index (Phi) is 3.40. The lowest BCUT2D eigenvalue weighted by Gasteiger charge is -2.28. The first kappa shape index (κ1) is 12.7. The maximum absolute atomic E-state index is 9.08. The van der Waals surface area contributed by atoms with E-state index in [4.69, 9.17) is 9.68 Å². The molecule has 0 bridgehead atoms. The number of benzene rings is 1. The Hall–Kier alpha value is -1.79. The third-order valence-corrected chi connectivity index (χ3v) is 3.51. The van der Waals surface area contributed by atoms with E-state index in [1.165, 1.54) is 10.9 Å². The Morgan fingerprint density at radius 2 is 2.06 bits per heavy atom. The molecule has 0 aliphatic carbocycles. The van der Waals surface area contributed by atoms with Crippen molar-refractivity contribution in [3.63, 3.8) is 0 Å². The summed E-state index contributed by atoms with van der Waals surface area (Å²) in [7, 11) is 1.98. The number of furan rings is 1. The topological polar surface area (TPSA) is 40.2 Å². The number of hydrogen-bond acceptors (Lipinski definition) is 3. The molecular formula is C15H18N2O. The van der Waals surface area contributed by atoms with E-state index in [0.717, 1.165) is 18.5 Å². The van der Waals surface area contributed by atoms with Gasteiger partial charge in [0.25, 0.3) is 0 Å². The van der Waals surface area contributed by atoms with Crippen molar-refractivity contribution in [1.29, 1.82) is 5.26 Å². The minimum atomic E-state index is -0.431. The second-order valence-corrected chi connectivity index (χ2v) is 5.10. The van der Waals surface area contributed by atoms with Gasteiger partial charge < -0.3 is 4.42 Å². The lowest BCUT2D eigenvalue weighted by Crippen LogP contribution is -2.40. The van der Waals surface area contributed by atoms with Gasteiger partial charge in [-0.3, -0.25) is 4.90 Å². The van der Waals surface area contributed by atoms with Crippen LogP contribution >= 0.6 is 0 Å². The molecule has 0 aliphatic rings. The monoisotopic (exact) mass is 242 g/mol. The van der Waals surface area contributed by atoms with Gasteiger partial charge >= 0.3 is 0 Å². The van der Waals surface area contributed by atoms with Gasteiger partial charge in [0, 0.05) is 11.9 Å². The fourth-order valence-electron chi connectivity index (χ4n) is 1.88. The molecule has 0 radical (unpaired) electrons. The molecule has 0 fully saturated rings. The molecule has 0 aliphatic heterocycles. The lowest BCUT2D eigenvalue weighted by atomic mass is 10.0. The van der Waals surface area contributed by atoms with Crippen molar-refractivity contribution >= 4 is 11.0 Å². The van der Waals surface area contributed by atoms with E-state index < -0.39 is 5.54 Å². The SMILES string of the molecule is CN(CCc1coc2ccccc12)C(C)(C)C#N. The third-order valence-electron chi connectivity index (χ3n) is 3.51. The largest absolute Gasteiger partial charge is 0.464 e. The smallest absolute Gasteiger partial charge is 0.134 e. The average Bonchev–Trinajstić information content (AvgIpc) is 2.79. The number of hydrogen-bond donors (Lipinski definition) is 0. The van der Waals surface area contributed by atoms with Gasteiger partial charge in [-0.25, -0.2) is 0 Å². The molecule has 0 saturated heterocycles. The molecule has 0 N–H and O–H groups in total. The number of fused-ring (bicyclic) bond motifs is 1. The molecule has 0 saturated carbocycles. The van der Waals surface area contributed by atoms with Gasteiger partial charge in [0.2, 0.25) is 0 Å². The fraction of sp³-hybridized carbons (Fsp3) is 0.400. The number of nitrogens with zero attached hydrogens (tertiary/aromatic N) is 2. The number of likely N-dealkylation sites (N-methyl/N-ethyl adjacent to an activating group) is 1. The van der Waals surface area contributed by atoms with E-state index in [2.05, 4.69) is 17.0 Å². The van der Waals surface area contributed by atoms with Crippen LogP contribution in [0, 0.1) is 11.3 Å². The van der Waals surface area contributed by atoms with Crippen molar-refractivity contribution in [3.05, 3.63) is 36.1 Å². The van der Waals surface area contributed by atoms with Crippen molar-refractivity contribution < 1.29 is 4.42 Å². The standard InChI is InChI=1S/C15H18N2O/c1-15(2,11-16)17(3)9-8-12-10-18-14-7-5-4-6-13(12)14/h4-7,10H,8-9H2,1-3H3. The van der Waals surface area contributed by atoms with Crippen molar-refractivity contribution in [2.45, 2.75) is 25.8 Å². The van der Waals surface area contributed by atoms with Crippen LogP contribution in [0.4, 0.5) is 0 Å². The van der Waals surface area contributed by atoms with Gasteiger partial charge in [-0.15, -0.1) is 0 Å². The second-order valence-electron chi connectivity index (χ2n) is 5.10. The zero-order chi connectivity index (χ0) is 13.2. The van der Waals surface area contributed by atoms with E-state index >= 15 is 0 Å². The lowest BCUT2D eigenvalue weighted by molar-refractivity contribution is 0.214. The third kappa shape index (κ3) is 2.39. The Bertz CT molecular complexity index is 577. The van der Waals surface area contributed by atoms with Crippen LogP contribution < -0.4 is 0 Å². The quantitative estimate of drug-likeness (QED) is 0.826. The van der Waals surface area contributed by atoms with Crippen LogP contribution in [0.2, 0.25) is 0 Å². The van der Waals surface area contributed by atoms with Gasteiger partial charge in [-0.05, 0) is 38.9 Å². The van der Waals surface area contributed by atoms with Crippen LogP contribution in [0.1, 0.15) is 19.4 Å². The van der Waals surface area contributed by atoms with E-state index in [9.17, 15) is 0 Å². The first-order valence-corrected chi connectivity index (χ1v) is 6.12. The Morgan fingerprint density at radius 1 is 1.33 bits per heavy atom. The van der Waals surface area contributed by atoms with Crippen LogP contribution in [0.25, 0.3) is 11.0 Å². The zero-order valence-electron chi connectivity index (χ0n) is 11.1. The van der Waals surface area contributed by atoms with Crippen LogP contribution in [0.5, 0.6) is 0 Å². The highest BCUT2D eigenvalue weighted by Crippen LogP contribution is 2.22. The number of para-hydroxylation sites is 1. The first-order valence-electron chi connectivity index (χ1n) is 6.12. The van der Waals surface area contributed by atoms with E-state index in [1.807, 2.05) is 45.4 Å². The van der Waals surface area contributed by atoms with Crippen LogP contribution in [0.15, 0.2) is 34.9 Å². The van der Waals surface area contributed by atoms with Gasteiger partial charge in [0.1, 0.15) is 11.1 Å². The Balaban J connectivity index is 2.10. The Morgan fingerprint density at radius 3 is 2.78 bits per heavy atom. The molecule has 94 valence electrons. The van der Waals surface area contributed by atoms with E-state index in [1.54, 1.807) is 0 Å². The molecule has 3 nitrogen and oxygen atoms in total. The van der Waals surface area contributed by atoms with Crippen molar-refractivity contribution in [3.8, 4) is 6.07 Å².